The van der Waals surface area contributed by atoms with E-state index in [4.69, 9.17) is 14.4 Å². The molecule has 0 saturated carbocycles. The second-order valence-electron chi connectivity index (χ2n) is 3.21. The van der Waals surface area contributed by atoms with Gasteiger partial charge in [0.25, 0.3) is 0 Å². The normalized spacial score (nSPS) is 10.2. The van der Waals surface area contributed by atoms with Gasteiger partial charge in [-0.05, 0) is 12.1 Å². The molecule has 0 radical (unpaired) electrons. The van der Waals surface area contributed by atoms with E-state index < -0.39 is 11.8 Å². The van der Waals surface area contributed by atoms with E-state index in [1.165, 1.54) is 18.2 Å². The number of ether oxygens (including phenoxy) is 1. The predicted octanol–water partition coefficient (Wildman–Crippen LogP) is 2.09. The molecule has 88 valence electrons. The van der Waals surface area contributed by atoms with Crippen molar-refractivity contribution in [1.82, 2.24) is 5.16 Å². The molecule has 2 aromatic rings. The van der Waals surface area contributed by atoms with Crippen molar-refractivity contribution < 1.29 is 23.6 Å². The first-order valence-electron chi connectivity index (χ1n) is 4.72. The van der Waals surface area contributed by atoms with Crippen LogP contribution in [-0.4, -0.2) is 16.2 Å². The summed E-state index contributed by atoms with van der Waals surface area (Å²) >= 11 is 0. The van der Waals surface area contributed by atoms with Crippen molar-refractivity contribution in [2.45, 2.75) is 6.61 Å². The molecule has 0 saturated heterocycles. The Hall–Kier alpha value is -2.37. The van der Waals surface area contributed by atoms with Gasteiger partial charge in [0.05, 0.1) is 6.20 Å². The van der Waals surface area contributed by atoms with E-state index >= 15 is 0 Å². The monoisotopic (exact) mass is 237 g/mol. The van der Waals surface area contributed by atoms with Crippen molar-refractivity contribution in [2.75, 3.05) is 0 Å². The van der Waals surface area contributed by atoms with E-state index in [0.717, 1.165) is 6.20 Å². The lowest BCUT2D eigenvalue weighted by Crippen LogP contribution is -2.02. The molecule has 17 heavy (non-hydrogen) atoms. The lowest BCUT2D eigenvalue weighted by atomic mass is 10.3. The van der Waals surface area contributed by atoms with Crippen LogP contribution in [0, 0.1) is 5.82 Å². The molecule has 2 rings (SSSR count). The molecule has 6 heteroatoms. The van der Waals surface area contributed by atoms with Gasteiger partial charge in [-0.25, -0.2) is 9.18 Å². The molecule has 1 aromatic heterocycles. The number of aromatic nitrogens is 1. The first kappa shape index (κ1) is 11.1. The largest absolute Gasteiger partial charge is 0.485 e. The third-order valence-corrected chi connectivity index (χ3v) is 2.04. The molecule has 0 spiro atoms. The van der Waals surface area contributed by atoms with Crippen LogP contribution in [0.3, 0.4) is 0 Å². The Balaban J connectivity index is 2.07. The fourth-order valence-corrected chi connectivity index (χ4v) is 1.25. The van der Waals surface area contributed by atoms with Crippen LogP contribution in [0.15, 0.2) is 35.0 Å². The van der Waals surface area contributed by atoms with Crippen LogP contribution >= 0.6 is 0 Å². The highest BCUT2D eigenvalue weighted by Gasteiger charge is 2.15. The molecule has 0 aliphatic carbocycles. The highest BCUT2D eigenvalue weighted by Crippen LogP contribution is 2.15. The summed E-state index contributed by atoms with van der Waals surface area (Å²) in [6, 6.07) is 5.52. The van der Waals surface area contributed by atoms with Crippen LogP contribution in [0.1, 0.15) is 16.1 Å². The highest BCUT2D eigenvalue weighted by atomic mass is 19.1. The summed E-state index contributed by atoms with van der Waals surface area (Å²) in [7, 11) is 0. The molecule has 1 N–H and O–H groups in total. The van der Waals surface area contributed by atoms with E-state index in [0.29, 0.717) is 0 Å². The molecule has 0 aliphatic heterocycles. The Kier molecular flexibility index (Phi) is 3.04. The summed E-state index contributed by atoms with van der Waals surface area (Å²) in [5.41, 5.74) is -0.0681. The smallest absolute Gasteiger partial charge is 0.341 e. The molecule has 0 atom stereocenters. The van der Waals surface area contributed by atoms with Gasteiger partial charge in [0, 0.05) is 6.07 Å². The number of halogens is 1. The Morgan fingerprint density at radius 2 is 2.35 bits per heavy atom. The number of rotatable bonds is 4. The van der Waals surface area contributed by atoms with Gasteiger partial charge < -0.3 is 14.4 Å². The van der Waals surface area contributed by atoms with Crippen molar-refractivity contribution in [1.29, 1.82) is 0 Å². The number of nitrogens with zero attached hydrogens (tertiary/aromatic N) is 1. The van der Waals surface area contributed by atoms with Gasteiger partial charge in [0.2, 0.25) is 0 Å². The number of carboxylic acid groups (broad SMARTS) is 1. The van der Waals surface area contributed by atoms with Crippen LogP contribution < -0.4 is 4.74 Å². The summed E-state index contributed by atoms with van der Waals surface area (Å²) in [6.45, 7) is -0.120. The lowest BCUT2D eigenvalue weighted by Gasteiger charge is -2.03. The molecule has 1 aromatic carbocycles. The minimum atomic E-state index is -1.15. The maximum Gasteiger partial charge on any atom is 0.341 e. The maximum atomic E-state index is 12.8. The SMILES string of the molecule is O=C(O)c1cnoc1COc1cccc(F)c1. The third-order valence-electron chi connectivity index (χ3n) is 2.04. The minimum Gasteiger partial charge on any atom is -0.485 e. The Morgan fingerprint density at radius 3 is 3.06 bits per heavy atom. The number of benzene rings is 1. The molecule has 0 unspecified atom stereocenters. The maximum absolute atomic E-state index is 12.8. The zero-order valence-corrected chi connectivity index (χ0v) is 8.59. The van der Waals surface area contributed by atoms with Crippen LogP contribution in [0.25, 0.3) is 0 Å². The van der Waals surface area contributed by atoms with Gasteiger partial charge in [0.1, 0.15) is 23.7 Å². The fraction of sp³-hybridized carbons (Fsp3) is 0.0909. The van der Waals surface area contributed by atoms with Crippen molar-refractivity contribution in [3.05, 3.63) is 47.6 Å². The van der Waals surface area contributed by atoms with Gasteiger partial charge >= 0.3 is 5.97 Å². The molecular formula is C11H8FNO4. The average Bonchev–Trinajstić information content (AvgIpc) is 2.74. The topological polar surface area (TPSA) is 72.6 Å². The number of carbonyl (C=O) groups is 1. The Labute approximate surface area is 95.4 Å². The minimum absolute atomic E-state index is 0.0681. The van der Waals surface area contributed by atoms with Crippen LogP contribution in [0.2, 0.25) is 0 Å². The van der Waals surface area contributed by atoms with Gasteiger partial charge in [-0.1, -0.05) is 11.2 Å². The summed E-state index contributed by atoms with van der Waals surface area (Å²) in [4.78, 5) is 10.7. The molecule has 5 nitrogen and oxygen atoms in total. The number of aromatic carboxylic acids is 1. The summed E-state index contributed by atoms with van der Waals surface area (Å²) in [5, 5.41) is 12.1. The van der Waals surface area contributed by atoms with Crippen molar-refractivity contribution in [3.63, 3.8) is 0 Å². The highest BCUT2D eigenvalue weighted by molar-refractivity contribution is 5.88. The number of hydrogen-bond acceptors (Lipinski definition) is 4. The van der Waals surface area contributed by atoms with Gasteiger partial charge in [-0.15, -0.1) is 0 Å². The number of hydrogen-bond donors (Lipinski definition) is 1. The molecule has 0 bridgehead atoms. The number of carboxylic acids is 1. The lowest BCUT2D eigenvalue weighted by molar-refractivity contribution is 0.0691. The van der Waals surface area contributed by atoms with E-state index in [1.54, 1.807) is 6.07 Å². The Bertz CT molecular complexity index is 538. The van der Waals surface area contributed by atoms with Gasteiger partial charge in [-0.2, -0.15) is 0 Å². The standard InChI is InChI=1S/C11H8FNO4/c12-7-2-1-3-8(4-7)16-6-10-9(11(14)15)5-13-17-10/h1-5H,6H2,(H,14,15). The van der Waals surface area contributed by atoms with Gasteiger partial charge in [0.15, 0.2) is 5.76 Å². The quantitative estimate of drug-likeness (QED) is 0.881. The summed E-state index contributed by atoms with van der Waals surface area (Å²) in [5.74, 6) is -1.21. The van der Waals surface area contributed by atoms with E-state index in [9.17, 15) is 9.18 Å². The Morgan fingerprint density at radius 1 is 1.53 bits per heavy atom. The molecular weight excluding hydrogens is 229 g/mol. The van der Waals surface area contributed by atoms with E-state index in [-0.39, 0.29) is 23.7 Å². The van der Waals surface area contributed by atoms with Gasteiger partial charge in [-0.3, -0.25) is 0 Å². The second kappa shape index (κ2) is 4.65. The fourth-order valence-electron chi connectivity index (χ4n) is 1.25. The van der Waals surface area contributed by atoms with Crippen molar-refractivity contribution in [2.24, 2.45) is 0 Å². The first-order chi connectivity index (χ1) is 8.16. The summed E-state index contributed by atoms with van der Waals surface area (Å²) in [6.07, 6.45) is 1.09. The van der Waals surface area contributed by atoms with Crippen LogP contribution in [-0.2, 0) is 6.61 Å². The third kappa shape index (κ3) is 2.60. The molecule has 0 fully saturated rings. The zero-order chi connectivity index (χ0) is 12.3. The van der Waals surface area contributed by atoms with Crippen LogP contribution in [0.5, 0.6) is 5.75 Å². The van der Waals surface area contributed by atoms with Crippen LogP contribution in [0.4, 0.5) is 4.39 Å². The first-order valence-corrected chi connectivity index (χ1v) is 4.72. The van der Waals surface area contributed by atoms with E-state index in [2.05, 4.69) is 5.16 Å². The van der Waals surface area contributed by atoms with Crippen molar-refractivity contribution >= 4 is 5.97 Å². The molecule has 0 amide bonds. The molecule has 0 aliphatic rings. The van der Waals surface area contributed by atoms with Crippen molar-refractivity contribution in [3.8, 4) is 5.75 Å². The average molecular weight is 237 g/mol. The molecule has 1 heterocycles. The predicted molar refractivity (Wildman–Crippen MR) is 54.2 cm³/mol. The second-order valence-corrected chi connectivity index (χ2v) is 3.21. The zero-order valence-electron chi connectivity index (χ0n) is 8.59. The van der Waals surface area contributed by atoms with E-state index in [1.807, 2.05) is 0 Å². The summed E-state index contributed by atoms with van der Waals surface area (Å²) < 4.78 is 22.7.